The van der Waals surface area contributed by atoms with E-state index in [-0.39, 0.29) is 0 Å². The minimum atomic E-state index is -0.512. The summed E-state index contributed by atoms with van der Waals surface area (Å²) in [7, 11) is 0. The zero-order valence-electron chi connectivity index (χ0n) is 9.62. The minimum absolute atomic E-state index is 0.512. The summed E-state index contributed by atoms with van der Waals surface area (Å²) < 4.78 is 0.987. The van der Waals surface area contributed by atoms with Gasteiger partial charge in [0.25, 0.3) is 0 Å². The lowest BCUT2D eigenvalue weighted by Crippen LogP contribution is -2.28. The van der Waals surface area contributed by atoms with Gasteiger partial charge in [0.05, 0.1) is 5.60 Å². The molecular formula is C13H18BrNO. The molecule has 3 heteroatoms. The standard InChI is InChI=1S/C13H18BrNO/c1-2-10-5-6-13(16,7-10)8-12-4-3-11(14)9-15-12/h3-4,9-10,16H,2,5-8H2,1H3. The van der Waals surface area contributed by atoms with Crippen LogP contribution in [0, 0.1) is 5.92 Å². The summed E-state index contributed by atoms with van der Waals surface area (Å²) in [6.45, 7) is 2.20. The molecule has 0 aromatic carbocycles. The Balaban J connectivity index is 2.01. The molecule has 2 nitrogen and oxygen atoms in total. The number of hydrogen-bond donors (Lipinski definition) is 1. The molecule has 2 unspecified atom stereocenters. The third-order valence-electron chi connectivity index (χ3n) is 3.56. The Morgan fingerprint density at radius 3 is 2.94 bits per heavy atom. The highest BCUT2D eigenvalue weighted by Crippen LogP contribution is 2.38. The van der Waals surface area contributed by atoms with Gasteiger partial charge in [0.1, 0.15) is 0 Å². The zero-order chi connectivity index (χ0) is 11.6. The van der Waals surface area contributed by atoms with E-state index in [9.17, 15) is 5.11 Å². The first kappa shape index (κ1) is 12.1. The van der Waals surface area contributed by atoms with Crippen LogP contribution in [0.15, 0.2) is 22.8 Å². The van der Waals surface area contributed by atoms with Crippen molar-refractivity contribution in [2.75, 3.05) is 0 Å². The largest absolute Gasteiger partial charge is 0.389 e. The molecule has 1 N–H and O–H groups in total. The molecule has 0 bridgehead atoms. The summed E-state index contributed by atoms with van der Waals surface area (Å²) in [6.07, 6.45) is 6.67. The Kier molecular flexibility index (Phi) is 3.65. The van der Waals surface area contributed by atoms with Crippen molar-refractivity contribution in [2.24, 2.45) is 5.92 Å². The molecule has 1 aliphatic rings. The number of aromatic nitrogens is 1. The highest BCUT2D eigenvalue weighted by atomic mass is 79.9. The lowest BCUT2D eigenvalue weighted by Gasteiger charge is -2.22. The molecule has 1 fully saturated rings. The van der Waals surface area contributed by atoms with Gasteiger partial charge >= 0.3 is 0 Å². The molecule has 0 amide bonds. The molecule has 0 spiro atoms. The van der Waals surface area contributed by atoms with Gasteiger partial charge < -0.3 is 5.11 Å². The van der Waals surface area contributed by atoms with E-state index < -0.39 is 5.60 Å². The Morgan fingerprint density at radius 1 is 1.56 bits per heavy atom. The highest BCUT2D eigenvalue weighted by Gasteiger charge is 2.36. The molecule has 16 heavy (non-hydrogen) atoms. The Bertz CT molecular complexity index is 351. The molecule has 1 saturated carbocycles. The second kappa shape index (κ2) is 4.84. The van der Waals surface area contributed by atoms with E-state index in [1.54, 1.807) is 6.20 Å². The van der Waals surface area contributed by atoms with Gasteiger partial charge in [-0.1, -0.05) is 13.3 Å². The summed E-state index contributed by atoms with van der Waals surface area (Å²) in [5, 5.41) is 10.5. The van der Waals surface area contributed by atoms with Crippen LogP contribution in [0.4, 0.5) is 0 Å². The first-order valence-corrected chi connectivity index (χ1v) is 6.73. The number of hydrogen-bond acceptors (Lipinski definition) is 2. The second-order valence-corrected chi connectivity index (χ2v) is 5.80. The first-order chi connectivity index (χ1) is 7.61. The normalized spacial score (nSPS) is 29.6. The van der Waals surface area contributed by atoms with Crippen molar-refractivity contribution in [3.05, 3.63) is 28.5 Å². The van der Waals surface area contributed by atoms with Crippen molar-refractivity contribution in [3.63, 3.8) is 0 Å². The quantitative estimate of drug-likeness (QED) is 0.923. The summed E-state index contributed by atoms with van der Waals surface area (Å²) >= 11 is 3.37. The maximum atomic E-state index is 10.5. The molecular weight excluding hydrogens is 266 g/mol. The van der Waals surface area contributed by atoms with Crippen LogP contribution in [0.3, 0.4) is 0 Å². The van der Waals surface area contributed by atoms with E-state index >= 15 is 0 Å². The highest BCUT2D eigenvalue weighted by molar-refractivity contribution is 9.10. The number of nitrogens with zero attached hydrogens (tertiary/aromatic N) is 1. The molecule has 2 atom stereocenters. The number of rotatable bonds is 3. The van der Waals surface area contributed by atoms with Crippen LogP contribution in [0.1, 0.15) is 38.3 Å². The van der Waals surface area contributed by atoms with E-state index in [0.29, 0.717) is 12.3 Å². The second-order valence-electron chi connectivity index (χ2n) is 4.89. The van der Waals surface area contributed by atoms with Gasteiger partial charge in [0.15, 0.2) is 0 Å². The third kappa shape index (κ3) is 2.83. The SMILES string of the molecule is CCC1CCC(O)(Cc2ccc(Br)cn2)C1. The maximum Gasteiger partial charge on any atom is 0.0705 e. The minimum Gasteiger partial charge on any atom is -0.389 e. The molecule has 0 radical (unpaired) electrons. The molecule has 88 valence electrons. The Morgan fingerprint density at radius 2 is 2.38 bits per heavy atom. The van der Waals surface area contributed by atoms with E-state index in [2.05, 4.69) is 27.8 Å². The van der Waals surface area contributed by atoms with Crippen LogP contribution in [0.25, 0.3) is 0 Å². The fourth-order valence-corrected chi connectivity index (χ4v) is 2.81. The predicted octanol–water partition coefficient (Wildman–Crippen LogP) is 3.33. The van der Waals surface area contributed by atoms with Gasteiger partial charge in [0.2, 0.25) is 0 Å². The van der Waals surface area contributed by atoms with Crippen molar-refractivity contribution in [1.82, 2.24) is 4.98 Å². The smallest absolute Gasteiger partial charge is 0.0705 e. The Hall–Kier alpha value is -0.410. The molecule has 0 aliphatic heterocycles. The van der Waals surface area contributed by atoms with Gasteiger partial charge in [-0.05, 0) is 53.2 Å². The van der Waals surface area contributed by atoms with Gasteiger partial charge in [-0.2, -0.15) is 0 Å². The van der Waals surface area contributed by atoms with E-state index in [1.807, 2.05) is 12.1 Å². The maximum absolute atomic E-state index is 10.5. The van der Waals surface area contributed by atoms with Gasteiger partial charge in [0, 0.05) is 22.8 Å². The fraction of sp³-hybridized carbons (Fsp3) is 0.615. The van der Waals surface area contributed by atoms with E-state index in [4.69, 9.17) is 0 Å². The van der Waals surface area contributed by atoms with Crippen LogP contribution in [0.2, 0.25) is 0 Å². The van der Waals surface area contributed by atoms with Crippen LogP contribution >= 0.6 is 15.9 Å². The lowest BCUT2D eigenvalue weighted by molar-refractivity contribution is 0.0427. The zero-order valence-corrected chi connectivity index (χ0v) is 11.2. The summed E-state index contributed by atoms with van der Waals surface area (Å²) in [5.41, 5.74) is 0.476. The molecule has 2 rings (SSSR count). The third-order valence-corrected chi connectivity index (χ3v) is 4.03. The molecule has 1 aliphatic carbocycles. The lowest BCUT2D eigenvalue weighted by atomic mass is 9.93. The van der Waals surface area contributed by atoms with Crippen molar-refractivity contribution in [1.29, 1.82) is 0 Å². The molecule has 1 aromatic rings. The summed E-state index contributed by atoms with van der Waals surface area (Å²) in [6, 6.07) is 3.97. The summed E-state index contributed by atoms with van der Waals surface area (Å²) in [5.74, 6) is 0.695. The number of pyridine rings is 1. The number of aliphatic hydroxyl groups is 1. The van der Waals surface area contributed by atoms with Crippen LogP contribution in [0.5, 0.6) is 0 Å². The van der Waals surface area contributed by atoms with Gasteiger partial charge in [-0.15, -0.1) is 0 Å². The summed E-state index contributed by atoms with van der Waals surface area (Å²) in [4.78, 5) is 4.33. The monoisotopic (exact) mass is 283 g/mol. The van der Waals surface area contributed by atoms with Crippen molar-refractivity contribution in [3.8, 4) is 0 Å². The number of halogens is 1. The molecule has 1 heterocycles. The van der Waals surface area contributed by atoms with E-state index in [0.717, 1.165) is 29.4 Å². The fourth-order valence-electron chi connectivity index (χ4n) is 2.57. The average molecular weight is 284 g/mol. The van der Waals surface area contributed by atoms with E-state index in [1.165, 1.54) is 6.42 Å². The van der Waals surface area contributed by atoms with Crippen LogP contribution < -0.4 is 0 Å². The van der Waals surface area contributed by atoms with Crippen LogP contribution in [-0.4, -0.2) is 15.7 Å². The van der Waals surface area contributed by atoms with Crippen molar-refractivity contribution >= 4 is 15.9 Å². The Labute approximate surface area is 105 Å². The van der Waals surface area contributed by atoms with Crippen LogP contribution in [-0.2, 0) is 6.42 Å². The molecule has 1 aromatic heterocycles. The molecule has 0 saturated heterocycles. The predicted molar refractivity (Wildman–Crippen MR) is 68.2 cm³/mol. The van der Waals surface area contributed by atoms with Crippen molar-refractivity contribution in [2.45, 2.75) is 44.6 Å². The average Bonchev–Trinajstić information content (AvgIpc) is 2.64. The van der Waals surface area contributed by atoms with Gasteiger partial charge in [-0.25, -0.2) is 0 Å². The first-order valence-electron chi connectivity index (χ1n) is 5.94. The van der Waals surface area contributed by atoms with Crippen molar-refractivity contribution < 1.29 is 5.11 Å². The topological polar surface area (TPSA) is 33.1 Å². The van der Waals surface area contributed by atoms with Gasteiger partial charge in [-0.3, -0.25) is 4.98 Å².